The van der Waals surface area contributed by atoms with E-state index in [1.807, 2.05) is 28.8 Å². The summed E-state index contributed by atoms with van der Waals surface area (Å²) in [6.45, 7) is 1.14. The summed E-state index contributed by atoms with van der Waals surface area (Å²) in [5.41, 5.74) is 0.632. The van der Waals surface area contributed by atoms with E-state index in [0.717, 1.165) is 16.9 Å². The number of imidazole rings is 1. The molecule has 1 saturated heterocycles. The van der Waals surface area contributed by atoms with Gasteiger partial charge < -0.3 is 19.3 Å². The summed E-state index contributed by atoms with van der Waals surface area (Å²) in [5, 5.41) is 10.0. The van der Waals surface area contributed by atoms with Crippen LogP contribution in [0.2, 0.25) is 0 Å². The van der Waals surface area contributed by atoms with E-state index in [0.29, 0.717) is 31.8 Å². The van der Waals surface area contributed by atoms with E-state index in [-0.39, 0.29) is 0 Å². The zero-order valence-corrected chi connectivity index (χ0v) is 14.4. The molecule has 1 N–H and O–H groups in total. The van der Waals surface area contributed by atoms with Gasteiger partial charge in [0.15, 0.2) is 0 Å². The standard InChI is InChI=1S/C18H19N5O3/c1-26-16-10-15(19-11-20-16)22-8-6-18(7-9-22,17(24)25)23-12-21-13-4-2-3-5-14(13)23/h2-5,10-12H,6-9H2,1H3,(H,24,25). The lowest BCUT2D eigenvalue weighted by Crippen LogP contribution is -2.51. The van der Waals surface area contributed by atoms with Crippen molar-refractivity contribution in [2.24, 2.45) is 0 Å². The molecule has 0 aliphatic carbocycles. The average Bonchev–Trinajstić information content (AvgIpc) is 3.12. The molecule has 0 saturated carbocycles. The molecular formula is C18H19N5O3. The molecule has 134 valence electrons. The average molecular weight is 353 g/mol. The van der Waals surface area contributed by atoms with Crippen molar-refractivity contribution >= 4 is 22.8 Å². The Kier molecular flexibility index (Phi) is 3.95. The second kappa shape index (κ2) is 6.29. The highest BCUT2D eigenvalue weighted by molar-refractivity contribution is 5.82. The number of anilines is 1. The number of carboxylic acid groups (broad SMARTS) is 1. The minimum atomic E-state index is -1.01. The van der Waals surface area contributed by atoms with Crippen LogP contribution in [0, 0.1) is 0 Å². The number of aliphatic carboxylic acids is 1. The summed E-state index contributed by atoms with van der Waals surface area (Å²) < 4.78 is 6.96. The van der Waals surface area contributed by atoms with Crippen LogP contribution in [0.5, 0.6) is 5.88 Å². The Morgan fingerprint density at radius 1 is 1.19 bits per heavy atom. The van der Waals surface area contributed by atoms with E-state index in [1.165, 1.54) is 6.33 Å². The van der Waals surface area contributed by atoms with E-state index < -0.39 is 11.5 Å². The summed E-state index contributed by atoms with van der Waals surface area (Å²) in [6.07, 6.45) is 4.00. The van der Waals surface area contributed by atoms with Crippen LogP contribution >= 0.6 is 0 Å². The number of piperidine rings is 1. The number of aromatic nitrogens is 4. The SMILES string of the molecule is COc1cc(N2CCC(C(=O)O)(n3cnc4ccccc43)CC2)ncn1. The number of hydrogen-bond acceptors (Lipinski definition) is 6. The zero-order chi connectivity index (χ0) is 18.1. The van der Waals surface area contributed by atoms with Crippen LogP contribution in [0.1, 0.15) is 12.8 Å². The van der Waals surface area contributed by atoms with Gasteiger partial charge in [0.05, 0.1) is 24.5 Å². The Morgan fingerprint density at radius 2 is 1.96 bits per heavy atom. The third-order valence-corrected chi connectivity index (χ3v) is 5.06. The molecule has 26 heavy (non-hydrogen) atoms. The van der Waals surface area contributed by atoms with E-state index in [9.17, 15) is 9.90 Å². The van der Waals surface area contributed by atoms with Crippen LogP contribution in [0.25, 0.3) is 11.0 Å². The summed E-state index contributed by atoms with van der Waals surface area (Å²) in [7, 11) is 1.56. The molecule has 3 aromatic rings. The summed E-state index contributed by atoms with van der Waals surface area (Å²) in [4.78, 5) is 27.0. The maximum Gasteiger partial charge on any atom is 0.330 e. The normalized spacial score (nSPS) is 16.6. The van der Waals surface area contributed by atoms with E-state index in [4.69, 9.17) is 4.74 Å². The molecule has 2 aromatic heterocycles. The second-order valence-corrected chi connectivity index (χ2v) is 6.35. The number of ether oxygens (including phenoxy) is 1. The highest BCUT2D eigenvalue weighted by Crippen LogP contribution is 2.35. The third kappa shape index (κ3) is 2.54. The predicted molar refractivity (Wildman–Crippen MR) is 95.4 cm³/mol. The van der Waals surface area contributed by atoms with Crippen LogP contribution in [0.3, 0.4) is 0 Å². The summed E-state index contributed by atoms with van der Waals surface area (Å²) >= 11 is 0. The van der Waals surface area contributed by atoms with Gasteiger partial charge in [-0.2, -0.15) is 0 Å². The number of para-hydroxylation sites is 2. The molecular weight excluding hydrogens is 334 g/mol. The second-order valence-electron chi connectivity index (χ2n) is 6.35. The van der Waals surface area contributed by atoms with Crippen molar-refractivity contribution in [3.05, 3.63) is 43.0 Å². The molecule has 1 fully saturated rings. The van der Waals surface area contributed by atoms with E-state index in [2.05, 4.69) is 19.9 Å². The first kappa shape index (κ1) is 16.3. The predicted octanol–water partition coefficient (Wildman–Crippen LogP) is 1.92. The number of nitrogens with zero attached hydrogens (tertiary/aromatic N) is 5. The van der Waals surface area contributed by atoms with E-state index in [1.54, 1.807) is 19.5 Å². The molecule has 0 atom stereocenters. The maximum atomic E-state index is 12.2. The molecule has 8 heteroatoms. The Balaban J connectivity index is 1.65. The molecule has 4 rings (SSSR count). The van der Waals surface area contributed by atoms with Crippen molar-refractivity contribution in [2.45, 2.75) is 18.4 Å². The monoisotopic (exact) mass is 353 g/mol. The number of hydrogen-bond donors (Lipinski definition) is 1. The van der Waals surface area contributed by atoms with Crippen molar-refractivity contribution < 1.29 is 14.6 Å². The molecule has 1 aliphatic heterocycles. The number of methoxy groups -OCH3 is 1. The van der Waals surface area contributed by atoms with Gasteiger partial charge in [-0.05, 0) is 25.0 Å². The first-order chi connectivity index (χ1) is 12.6. The lowest BCUT2D eigenvalue weighted by atomic mass is 9.87. The van der Waals surface area contributed by atoms with Crippen molar-refractivity contribution in [2.75, 3.05) is 25.1 Å². The number of carboxylic acids is 1. The van der Waals surface area contributed by atoms with Crippen molar-refractivity contribution in [3.8, 4) is 5.88 Å². The molecule has 1 aromatic carbocycles. The number of benzene rings is 1. The Morgan fingerprint density at radius 3 is 2.69 bits per heavy atom. The van der Waals surface area contributed by atoms with Gasteiger partial charge in [-0.1, -0.05) is 12.1 Å². The van der Waals surface area contributed by atoms with Gasteiger partial charge in [0, 0.05) is 19.2 Å². The largest absolute Gasteiger partial charge is 0.481 e. The van der Waals surface area contributed by atoms with Crippen molar-refractivity contribution in [1.29, 1.82) is 0 Å². The maximum absolute atomic E-state index is 12.2. The highest BCUT2D eigenvalue weighted by Gasteiger charge is 2.44. The lowest BCUT2D eigenvalue weighted by molar-refractivity contribution is -0.148. The van der Waals surface area contributed by atoms with Crippen molar-refractivity contribution in [1.82, 2.24) is 19.5 Å². The number of carbonyl (C=O) groups is 1. The van der Waals surface area contributed by atoms with Gasteiger partial charge in [-0.15, -0.1) is 0 Å². The lowest BCUT2D eigenvalue weighted by Gasteiger charge is -2.40. The first-order valence-corrected chi connectivity index (χ1v) is 8.41. The zero-order valence-electron chi connectivity index (χ0n) is 14.4. The van der Waals surface area contributed by atoms with Gasteiger partial charge in [0.25, 0.3) is 0 Å². The molecule has 0 unspecified atom stereocenters. The first-order valence-electron chi connectivity index (χ1n) is 8.41. The fraction of sp³-hybridized carbons (Fsp3) is 0.333. The van der Waals surface area contributed by atoms with Crippen molar-refractivity contribution in [3.63, 3.8) is 0 Å². The van der Waals surface area contributed by atoms with E-state index >= 15 is 0 Å². The highest BCUT2D eigenvalue weighted by atomic mass is 16.5. The number of rotatable bonds is 4. The minimum absolute atomic E-state index is 0.453. The molecule has 1 aliphatic rings. The molecule has 3 heterocycles. The third-order valence-electron chi connectivity index (χ3n) is 5.06. The Labute approximate surface area is 150 Å². The van der Waals surface area contributed by atoms with Crippen LogP contribution in [-0.4, -0.2) is 50.8 Å². The number of fused-ring (bicyclic) bond motifs is 1. The van der Waals surface area contributed by atoms with Gasteiger partial charge >= 0.3 is 5.97 Å². The molecule has 8 nitrogen and oxygen atoms in total. The summed E-state index contributed by atoms with van der Waals surface area (Å²) in [6, 6.07) is 9.37. The molecule has 0 spiro atoms. The Hall–Kier alpha value is -3.16. The van der Waals surface area contributed by atoms with Gasteiger partial charge in [0.1, 0.15) is 17.7 Å². The van der Waals surface area contributed by atoms with Gasteiger partial charge in [-0.3, -0.25) is 0 Å². The van der Waals surface area contributed by atoms with Crippen LogP contribution < -0.4 is 9.64 Å². The summed E-state index contributed by atoms with van der Waals surface area (Å²) in [5.74, 6) is 0.401. The smallest absolute Gasteiger partial charge is 0.330 e. The quantitative estimate of drug-likeness (QED) is 0.766. The van der Waals surface area contributed by atoms with Crippen LogP contribution in [-0.2, 0) is 10.3 Å². The topological polar surface area (TPSA) is 93.4 Å². The fourth-order valence-corrected chi connectivity index (χ4v) is 3.58. The van der Waals surface area contributed by atoms with Crippen LogP contribution in [0.15, 0.2) is 43.0 Å². The van der Waals surface area contributed by atoms with Gasteiger partial charge in [0.2, 0.25) is 5.88 Å². The minimum Gasteiger partial charge on any atom is -0.481 e. The fourth-order valence-electron chi connectivity index (χ4n) is 3.58. The van der Waals surface area contributed by atoms with Crippen LogP contribution in [0.4, 0.5) is 5.82 Å². The van der Waals surface area contributed by atoms with Gasteiger partial charge in [-0.25, -0.2) is 19.7 Å². The molecule has 0 radical (unpaired) electrons. The molecule has 0 amide bonds. The molecule has 0 bridgehead atoms. The Bertz CT molecular complexity index is 947.